The van der Waals surface area contributed by atoms with Crippen molar-refractivity contribution in [2.24, 2.45) is 0 Å². The summed E-state index contributed by atoms with van der Waals surface area (Å²) in [6, 6.07) is 35.0. The molecule has 2 unspecified atom stereocenters. The van der Waals surface area contributed by atoms with Gasteiger partial charge in [0.15, 0.2) is 31.5 Å². The normalized spacial score (nSPS) is 18.4. The second-order valence-corrected chi connectivity index (χ2v) is 21.8. The van der Waals surface area contributed by atoms with Gasteiger partial charge in [0, 0.05) is 18.7 Å². The highest BCUT2D eigenvalue weighted by Crippen LogP contribution is 2.46. The van der Waals surface area contributed by atoms with E-state index in [4.69, 9.17) is 38.1 Å². The fourth-order valence-corrected chi connectivity index (χ4v) is 9.07. The van der Waals surface area contributed by atoms with Crippen molar-refractivity contribution in [1.29, 1.82) is 0 Å². The lowest BCUT2D eigenvalue weighted by Crippen LogP contribution is -2.50. The number of methoxy groups -OCH3 is 3. The van der Waals surface area contributed by atoms with Crippen LogP contribution in [0.15, 0.2) is 122 Å². The molecule has 0 saturated carbocycles. The van der Waals surface area contributed by atoms with Gasteiger partial charge in [-0.05, 0) is 85.1 Å². The lowest BCUT2D eigenvalue weighted by molar-refractivity contribution is -0.0939. The minimum atomic E-state index is -2.45. The Morgan fingerprint density at radius 3 is 1.85 bits per heavy atom. The molecule has 0 spiro atoms. The summed E-state index contributed by atoms with van der Waals surface area (Å²) >= 11 is 0. The Labute approximate surface area is 359 Å². The molecule has 0 radical (unpaired) electrons. The van der Waals surface area contributed by atoms with Crippen molar-refractivity contribution in [3.63, 3.8) is 0 Å². The smallest absolute Gasteiger partial charge is 0.259 e. The largest absolute Gasteiger partial charge is 0.497 e. The molecule has 7 rings (SSSR count). The molecule has 6 aromatic rings. The summed E-state index contributed by atoms with van der Waals surface area (Å²) in [5, 5.41) is -0.121. The highest BCUT2D eigenvalue weighted by atomic mass is 28.4. The number of amides is 1. The quantitative estimate of drug-likeness (QED) is 0.0731. The Morgan fingerprint density at radius 2 is 1.33 bits per heavy atom. The molecular formula is C48H57N5O7Si. The molecule has 1 saturated heterocycles. The third-order valence-corrected chi connectivity index (χ3v) is 16.5. The van der Waals surface area contributed by atoms with E-state index in [0.717, 1.165) is 28.2 Å². The van der Waals surface area contributed by atoms with E-state index in [1.54, 1.807) is 44.7 Å². The molecule has 61 heavy (non-hydrogen) atoms. The molecule has 2 aromatic heterocycles. The van der Waals surface area contributed by atoms with E-state index >= 15 is 0 Å². The molecule has 0 N–H and O–H groups in total. The second-order valence-electron chi connectivity index (χ2n) is 17.1. The van der Waals surface area contributed by atoms with Crippen molar-refractivity contribution >= 4 is 31.2 Å². The van der Waals surface area contributed by atoms with E-state index in [-0.39, 0.29) is 23.6 Å². The standard InChI is InChI=1S/C48H57N5O7Si/c1-32(2)53(45(54)33-17-13-11-14-18-33)44-40-43(49-30-50-44)52(31-51-40)46-42(57-8)41(60-61(9,10)47(3,4)5)39(59-46)29-58-48(34-19-15-12-16-20-34,35-21-25-37(55-6)26-22-35)36-23-27-38(56-7)28-24-36/h11-28,30-32,39,41-42,46H,29H2,1-10H3/t39-,41?,42?,46-/m1/s1. The van der Waals surface area contributed by atoms with Crippen LogP contribution in [-0.4, -0.2) is 86.0 Å². The zero-order valence-electron chi connectivity index (χ0n) is 36.7. The van der Waals surface area contributed by atoms with Crippen molar-refractivity contribution in [3.8, 4) is 11.5 Å². The number of hydrogen-bond donors (Lipinski definition) is 0. The summed E-state index contributed by atoms with van der Waals surface area (Å²) in [4.78, 5) is 29.8. The van der Waals surface area contributed by atoms with Crippen molar-refractivity contribution in [1.82, 2.24) is 19.5 Å². The monoisotopic (exact) mass is 843 g/mol. The number of aromatic nitrogens is 4. The molecule has 3 heterocycles. The molecule has 1 fully saturated rings. The number of carbonyl (C=O) groups excluding carboxylic acids is 1. The topological polar surface area (TPSA) is 119 Å². The first-order valence-electron chi connectivity index (χ1n) is 20.6. The maximum Gasteiger partial charge on any atom is 0.259 e. The molecule has 1 amide bonds. The number of fused-ring (bicyclic) bond motifs is 1. The fraction of sp³-hybridized carbons (Fsp3) is 0.375. The summed E-state index contributed by atoms with van der Waals surface area (Å²) in [7, 11) is 2.54. The number of rotatable bonds is 15. The molecular weight excluding hydrogens is 787 g/mol. The van der Waals surface area contributed by atoms with Crippen molar-refractivity contribution in [2.75, 3.05) is 32.8 Å². The van der Waals surface area contributed by atoms with Gasteiger partial charge in [0.1, 0.15) is 41.7 Å². The average Bonchev–Trinajstić information content (AvgIpc) is 3.85. The predicted octanol–water partition coefficient (Wildman–Crippen LogP) is 9.21. The molecule has 4 aromatic carbocycles. The Balaban J connectivity index is 1.33. The lowest BCUT2D eigenvalue weighted by atomic mass is 9.80. The van der Waals surface area contributed by atoms with Crippen LogP contribution in [0, 0.1) is 0 Å². The van der Waals surface area contributed by atoms with Crippen LogP contribution in [0.5, 0.6) is 11.5 Å². The molecule has 0 bridgehead atoms. The number of carbonyl (C=O) groups is 1. The summed E-state index contributed by atoms with van der Waals surface area (Å²) in [6.45, 7) is 15.1. The van der Waals surface area contributed by atoms with Gasteiger partial charge in [-0.15, -0.1) is 0 Å². The minimum Gasteiger partial charge on any atom is -0.497 e. The SMILES string of the molecule is COc1ccc(C(OC[C@H]2O[C@@H](n3cnc4c(N(C(=O)c5ccccc5)C(C)C)ncnc43)C(OC)C2O[Si](C)(C)C(C)(C)C)(c2ccccc2)c2ccc(OC)cc2)cc1. The first-order valence-corrected chi connectivity index (χ1v) is 23.6. The molecule has 320 valence electrons. The Hall–Kier alpha value is -5.44. The Morgan fingerprint density at radius 1 is 0.770 bits per heavy atom. The van der Waals surface area contributed by atoms with E-state index in [1.165, 1.54) is 6.33 Å². The maximum absolute atomic E-state index is 14.0. The van der Waals surface area contributed by atoms with Crippen LogP contribution < -0.4 is 14.4 Å². The minimum absolute atomic E-state index is 0.113. The third kappa shape index (κ3) is 8.45. The summed E-state index contributed by atoms with van der Waals surface area (Å²) in [5.41, 5.74) is 3.12. The van der Waals surface area contributed by atoms with Gasteiger partial charge in [-0.3, -0.25) is 14.3 Å². The van der Waals surface area contributed by atoms with Crippen LogP contribution in [-0.2, 0) is 24.2 Å². The molecule has 13 heteroatoms. The first kappa shape index (κ1) is 43.6. The highest BCUT2D eigenvalue weighted by Gasteiger charge is 2.53. The van der Waals surface area contributed by atoms with Gasteiger partial charge >= 0.3 is 0 Å². The van der Waals surface area contributed by atoms with Gasteiger partial charge in [-0.1, -0.05) is 93.6 Å². The van der Waals surface area contributed by atoms with E-state index in [9.17, 15) is 4.79 Å². The Kier molecular flexibility index (Phi) is 12.8. The van der Waals surface area contributed by atoms with E-state index in [1.807, 2.05) is 103 Å². The van der Waals surface area contributed by atoms with Crippen molar-refractivity contribution < 1.29 is 32.9 Å². The van der Waals surface area contributed by atoms with Crippen LogP contribution >= 0.6 is 0 Å². The van der Waals surface area contributed by atoms with Gasteiger partial charge in [-0.2, -0.15) is 0 Å². The van der Waals surface area contributed by atoms with Gasteiger partial charge in [0.2, 0.25) is 0 Å². The zero-order chi connectivity index (χ0) is 43.5. The highest BCUT2D eigenvalue weighted by molar-refractivity contribution is 6.74. The number of hydrogen-bond acceptors (Lipinski definition) is 10. The second kappa shape index (κ2) is 17.9. The van der Waals surface area contributed by atoms with Gasteiger partial charge in [0.25, 0.3) is 5.91 Å². The van der Waals surface area contributed by atoms with Crippen LogP contribution in [0.2, 0.25) is 18.1 Å². The Bertz CT molecular complexity index is 2340. The number of imidazole rings is 1. The number of anilines is 1. The zero-order valence-corrected chi connectivity index (χ0v) is 37.7. The molecule has 12 nitrogen and oxygen atoms in total. The number of benzene rings is 4. The van der Waals surface area contributed by atoms with E-state index in [2.05, 4.69) is 51.0 Å². The molecule has 1 aliphatic rings. The summed E-state index contributed by atoms with van der Waals surface area (Å²) in [5.74, 6) is 1.68. The molecule has 0 aliphatic carbocycles. The summed E-state index contributed by atoms with van der Waals surface area (Å²) < 4.78 is 41.2. The predicted molar refractivity (Wildman–Crippen MR) is 239 cm³/mol. The van der Waals surface area contributed by atoms with Gasteiger partial charge in [-0.25, -0.2) is 15.0 Å². The van der Waals surface area contributed by atoms with Crippen LogP contribution in [0.4, 0.5) is 5.82 Å². The van der Waals surface area contributed by atoms with Crippen LogP contribution in [0.3, 0.4) is 0 Å². The lowest BCUT2D eigenvalue weighted by Gasteiger charge is -2.41. The third-order valence-electron chi connectivity index (χ3n) is 12.0. The fourth-order valence-electron chi connectivity index (χ4n) is 7.75. The van der Waals surface area contributed by atoms with Crippen molar-refractivity contribution in [3.05, 3.63) is 144 Å². The van der Waals surface area contributed by atoms with Gasteiger partial charge in [0.05, 0.1) is 27.2 Å². The summed E-state index contributed by atoms with van der Waals surface area (Å²) in [6.07, 6.45) is 0.643. The maximum atomic E-state index is 14.0. The molecule has 1 aliphatic heterocycles. The first-order chi connectivity index (χ1) is 29.2. The van der Waals surface area contributed by atoms with Crippen LogP contribution in [0.1, 0.15) is 67.9 Å². The van der Waals surface area contributed by atoms with Gasteiger partial charge < -0.3 is 28.1 Å². The molecule has 4 atom stereocenters. The number of nitrogens with zero attached hydrogens (tertiary/aromatic N) is 5. The van der Waals surface area contributed by atoms with E-state index < -0.39 is 38.5 Å². The average molecular weight is 844 g/mol. The van der Waals surface area contributed by atoms with E-state index in [0.29, 0.717) is 22.5 Å². The van der Waals surface area contributed by atoms with Crippen LogP contribution in [0.25, 0.3) is 11.2 Å². The number of ether oxygens (including phenoxy) is 5. The van der Waals surface area contributed by atoms with Crippen molar-refractivity contribution in [2.45, 2.75) is 88.9 Å².